The minimum absolute atomic E-state index is 0.193. The van der Waals surface area contributed by atoms with Crippen molar-refractivity contribution in [3.63, 3.8) is 0 Å². The standard InChI is InChI=1S/C19H25BrN2O2/c1-19(2,3)24-18(23)22-9-7-13(8-10-22)16-12-21(4)17-6-5-14(20)11-15(16)17/h5-6,11-13H,7-10H2,1-4H3. The van der Waals surface area contributed by atoms with E-state index in [0.29, 0.717) is 5.92 Å². The Morgan fingerprint density at radius 2 is 1.92 bits per heavy atom. The van der Waals surface area contributed by atoms with Crippen molar-refractivity contribution >= 4 is 32.9 Å². The molecule has 1 aliphatic rings. The summed E-state index contributed by atoms with van der Waals surface area (Å²) in [5.41, 5.74) is 2.20. The summed E-state index contributed by atoms with van der Waals surface area (Å²) < 4.78 is 8.78. The van der Waals surface area contributed by atoms with E-state index in [1.165, 1.54) is 16.5 Å². The lowest BCUT2D eigenvalue weighted by molar-refractivity contribution is 0.0205. The van der Waals surface area contributed by atoms with E-state index in [9.17, 15) is 4.79 Å². The van der Waals surface area contributed by atoms with Gasteiger partial charge in [0.2, 0.25) is 0 Å². The molecule has 0 saturated carbocycles. The summed E-state index contributed by atoms with van der Waals surface area (Å²) in [6.07, 6.45) is 4.00. The molecule has 0 bridgehead atoms. The third kappa shape index (κ3) is 3.61. The maximum atomic E-state index is 12.2. The van der Waals surface area contributed by atoms with Crippen molar-refractivity contribution in [1.82, 2.24) is 9.47 Å². The Kier molecular flexibility index (Phi) is 4.65. The summed E-state index contributed by atoms with van der Waals surface area (Å²) >= 11 is 3.58. The first-order valence-corrected chi connectivity index (χ1v) is 9.26. The summed E-state index contributed by atoms with van der Waals surface area (Å²) in [6, 6.07) is 6.43. The number of aryl methyl sites for hydroxylation is 1. The number of nitrogens with zero attached hydrogens (tertiary/aromatic N) is 2. The van der Waals surface area contributed by atoms with Gasteiger partial charge in [0.1, 0.15) is 5.60 Å². The molecule has 3 rings (SSSR count). The highest BCUT2D eigenvalue weighted by atomic mass is 79.9. The van der Waals surface area contributed by atoms with Crippen LogP contribution in [0.3, 0.4) is 0 Å². The molecule has 0 unspecified atom stereocenters. The van der Waals surface area contributed by atoms with Crippen LogP contribution in [0, 0.1) is 0 Å². The molecule has 2 aromatic rings. The average molecular weight is 393 g/mol. The van der Waals surface area contributed by atoms with Gasteiger partial charge in [0.05, 0.1) is 0 Å². The van der Waals surface area contributed by atoms with Gasteiger partial charge in [-0.05, 0) is 63.3 Å². The van der Waals surface area contributed by atoms with Crippen LogP contribution in [0.15, 0.2) is 28.9 Å². The molecule has 0 N–H and O–H groups in total. The topological polar surface area (TPSA) is 34.5 Å². The number of ether oxygens (including phenoxy) is 1. The second-order valence-corrected chi connectivity index (χ2v) is 8.51. The molecule has 1 saturated heterocycles. The van der Waals surface area contributed by atoms with E-state index in [0.717, 1.165) is 30.4 Å². The summed E-state index contributed by atoms with van der Waals surface area (Å²) in [6.45, 7) is 7.23. The fourth-order valence-corrected chi connectivity index (χ4v) is 3.78. The number of carbonyl (C=O) groups excluding carboxylic acids is 1. The molecule has 0 radical (unpaired) electrons. The number of carbonyl (C=O) groups is 1. The SMILES string of the molecule is Cn1cc(C2CCN(C(=O)OC(C)(C)C)CC2)c2cc(Br)ccc21. The lowest BCUT2D eigenvalue weighted by atomic mass is 9.89. The Balaban J connectivity index is 1.73. The van der Waals surface area contributed by atoms with E-state index in [-0.39, 0.29) is 6.09 Å². The number of rotatable bonds is 1. The molecule has 1 aromatic heterocycles. The van der Waals surface area contributed by atoms with Crippen LogP contribution in [0.5, 0.6) is 0 Å². The van der Waals surface area contributed by atoms with Crippen LogP contribution in [0.2, 0.25) is 0 Å². The molecule has 5 heteroatoms. The monoisotopic (exact) mass is 392 g/mol. The molecule has 24 heavy (non-hydrogen) atoms. The second-order valence-electron chi connectivity index (χ2n) is 7.60. The molecule has 130 valence electrons. The lowest BCUT2D eigenvalue weighted by Gasteiger charge is -2.33. The molecule has 1 amide bonds. The largest absolute Gasteiger partial charge is 0.444 e. The number of piperidine rings is 1. The Hall–Kier alpha value is -1.49. The van der Waals surface area contributed by atoms with Crippen molar-refractivity contribution in [2.45, 2.75) is 45.1 Å². The van der Waals surface area contributed by atoms with Crippen LogP contribution in [0.1, 0.15) is 45.1 Å². The van der Waals surface area contributed by atoms with Crippen LogP contribution < -0.4 is 0 Å². The van der Waals surface area contributed by atoms with Crippen molar-refractivity contribution in [2.24, 2.45) is 7.05 Å². The maximum Gasteiger partial charge on any atom is 0.410 e. The third-order valence-electron chi connectivity index (χ3n) is 4.57. The van der Waals surface area contributed by atoms with Gasteiger partial charge in [-0.3, -0.25) is 0 Å². The molecule has 0 spiro atoms. The first-order valence-electron chi connectivity index (χ1n) is 8.47. The van der Waals surface area contributed by atoms with Gasteiger partial charge < -0.3 is 14.2 Å². The Morgan fingerprint density at radius 3 is 2.54 bits per heavy atom. The van der Waals surface area contributed by atoms with Crippen molar-refractivity contribution in [3.05, 3.63) is 34.4 Å². The van der Waals surface area contributed by atoms with Crippen LogP contribution in [0.4, 0.5) is 4.79 Å². The zero-order chi connectivity index (χ0) is 17.5. The van der Waals surface area contributed by atoms with E-state index in [1.807, 2.05) is 25.7 Å². The van der Waals surface area contributed by atoms with Gasteiger partial charge >= 0.3 is 6.09 Å². The Bertz CT molecular complexity index is 753. The maximum absolute atomic E-state index is 12.2. The second kappa shape index (κ2) is 6.43. The minimum Gasteiger partial charge on any atom is -0.444 e. The van der Waals surface area contributed by atoms with E-state index >= 15 is 0 Å². The molecule has 1 aromatic carbocycles. The molecular weight excluding hydrogens is 368 g/mol. The molecule has 1 fully saturated rings. The van der Waals surface area contributed by atoms with Crippen LogP contribution in [0.25, 0.3) is 10.9 Å². The highest BCUT2D eigenvalue weighted by Gasteiger charge is 2.28. The molecule has 0 aliphatic carbocycles. The first-order chi connectivity index (χ1) is 11.2. The van der Waals surface area contributed by atoms with Gasteiger partial charge in [-0.1, -0.05) is 15.9 Å². The van der Waals surface area contributed by atoms with Crippen molar-refractivity contribution in [1.29, 1.82) is 0 Å². The summed E-state index contributed by atoms with van der Waals surface area (Å²) in [4.78, 5) is 14.0. The van der Waals surface area contributed by atoms with Crippen molar-refractivity contribution in [3.8, 4) is 0 Å². The fraction of sp³-hybridized carbons (Fsp3) is 0.526. The average Bonchev–Trinajstić information content (AvgIpc) is 2.82. The van der Waals surface area contributed by atoms with Gasteiger partial charge in [0, 0.05) is 41.7 Å². The predicted molar refractivity (Wildman–Crippen MR) is 100 cm³/mol. The number of hydrogen-bond donors (Lipinski definition) is 0. The third-order valence-corrected chi connectivity index (χ3v) is 5.06. The van der Waals surface area contributed by atoms with Crippen LogP contribution in [-0.2, 0) is 11.8 Å². The summed E-state index contributed by atoms with van der Waals surface area (Å²) in [5, 5.41) is 1.31. The van der Waals surface area contributed by atoms with Crippen LogP contribution in [-0.4, -0.2) is 34.3 Å². The summed E-state index contributed by atoms with van der Waals surface area (Å²) in [7, 11) is 2.09. The Morgan fingerprint density at radius 1 is 1.25 bits per heavy atom. The molecular formula is C19H25BrN2O2. The first kappa shape index (κ1) is 17.3. The number of hydrogen-bond acceptors (Lipinski definition) is 2. The van der Waals surface area contributed by atoms with Crippen LogP contribution >= 0.6 is 15.9 Å². The number of benzene rings is 1. The quantitative estimate of drug-likeness (QED) is 0.679. The number of halogens is 1. The van der Waals surface area contributed by atoms with Gasteiger partial charge in [-0.15, -0.1) is 0 Å². The van der Waals surface area contributed by atoms with Crippen molar-refractivity contribution in [2.75, 3.05) is 13.1 Å². The minimum atomic E-state index is -0.435. The van der Waals surface area contributed by atoms with Crippen molar-refractivity contribution < 1.29 is 9.53 Å². The summed E-state index contributed by atoms with van der Waals surface area (Å²) in [5.74, 6) is 0.488. The normalized spacial score (nSPS) is 16.6. The molecule has 2 heterocycles. The fourth-order valence-electron chi connectivity index (χ4n) is 3.42. The zero-order valence-corrected chi connectivity index (χ0v) is 16.4. The Labute approximate surface area is 151 Å². The number of aromatic nitrogens is 1. The zero-order valence-electron chi connectivity index (χ0n) is 14.8. The highest BCUT2D eigenvalue weighted by molar-refractivity contribution is 9.10. The number of fused-ring (bicyclic) bond motifs is 1. The molecule has 4 nitrogen and oxygen atoms in total. The smallest absolute Gasteiger partial charge is 0.410 e. The van der Waals surface area contributed by atoms with E-state index in [2.05, 4.69) is 51.9 Å². The van der Waals surface area contributed by atoms with Gasteiger partial charge in [0.25, 0.3) is 0 Å². The van der Waals surface area contributed by atoms with Gasteiger partial charge in [-0.25, -0.2) is 4.79 Å². The van der Waals surface area contributed by atoms with Gasteiger partial charge in [0.15, 0.2) is 0 Å². The van der Waals surface area contributed by atoms with E-state index in [4.69, 9.17) is 4.74 Å². The van der Waals surface area contributed by atoms with E-state index < -0.39 is 5.60 Å². The number of likely N-dealkylation sites (tertiary alicyclic amines) is 1. The lowest BCUT2D eigenvalue weighted by Crippen LogP contribution is -2.41. The predicted octanol–water partition coefficient (Wildman–Crippen LogP) is 5.06. The molecule has 0 atom stereocenters. The van der Waals surface area contributed by atoms with E-state index in [1.54, 1.807) is 0 Å². The number of amides is 1. The molecule has 1 aliphatic heterocycles. The highest BCUT2D eigenvalue weighted by Crippen LogP contribution is 2.35. The van der Waals surface area contributed by atoms with Gasteiger partial charge in [-0.2, -0.15) is 0 Å².